The molecule has 3 rings (SSSR count). The summed E-state index contributed by atoms with van der Waals surface area (Å²) in [6, 6.07) is 13.2. The van der Waals surface area contributed by atoms with Crippen LogP contribution in [0.5, 0.6) is 0 Å². The van der Waals surface area contributed by atoms with Crippen LogP contribution in [0.1, 0.15) is 10.5 Å². The van der Waals surface area contributed by atoms with Crippen molar-refractivity contribution >= 4 is 38.4 Å². The van der Waals surface area contributed by atoms with Crippen LogP contribution in [-0.4, -0.2) is 15.1 Å². The summed E-state index contributed by atoms with van der Waals surface area (Å²) in [6.45, 7) is 0. The van der Waals surface area contributed by atoms with Crippen molar-refractivity contribution in [3.8, 4) is 0 Å². The predicted molar refractivity (Wildman–Crippen MR) is 74.0 cm³/mol. The second kappa shape index (κ2) is 4.88. The lowest BCUT2D eigenvalue weighted by Gasteiger charge is -1.95. The van der Waals surface area contributed by atoms with E-state index >= 15 is 0 Å². The fourth-order valence-corrected chi connectivity index (χ4v) is 3.40. The summed E-state index contributed by atoms with van der Waals surface area (Å²) in [6.07, 6.45) is 1.62. The number of carbonyl (C=O) groups is 1. The molecule has 0 spiro atoms. The van der Waals surface area contributed by atoms with Gasteiger partial charge in [-0.05, 0) is 36.0 Å². The lowest BCUT2D eigenvalue weighted by atomic mass is 10.3. The van der Waals surface area contributed by atoms with E-state index in [1.54, 1.807) is 24.4 Å². The Morgan fingerprint density at radius 3 is 2.72 bits per heavy atom. The van der Waals surface area contributed by atoms with Gasteiger partial charge in [-0.25, -0.2) is 4.98 Å². The summed E-state index contributed by atoms with van der Waals surface area (Å²) >= 11 is 2.65. The Hall–Kier alpha value is -1.72. The van der Waals surface area contributed by atoms with E-state index in [0.717, 1.165) is 26.3 Å². The minimum Gasteiger partial charge on any atom is -0.279 e. The van der Waals surface area contributed by atoms with Gasteiger partial charge in [-0.3, -0.25) is 9.78 Å². The molecule has 18 heavy (non-hydrogen) atoms. The van der Waals surface area contributed by atoms with Crippen molar-refractivity contribution < 1.29 is 4.79 Å². The molecule has 0 amide bonds. The molecule has 0 N–H and O–H groups in total. The predicted octanol–water partition coefficient (Wildman–Crippen LogP) is 3.62. The highest BCUT2D eigenvalue weighted by Gasteiger charge is 2.12. The molecule has 3 aromatic rings. The van der Waals surface area contributed by atoms with Gasteiger partial charge in [0, 0.05) is 6.20 Å². The summed E-state index contributed by atoms with van der Waals surface area (Å²) in [5, 5.41) is -0.0744. The Morgan fingerprint density at radius 2 is 1.94 bits per heavy atom. The van der Waals surface area contributed by atoms with Crippen molar-refractivity contribution in [2.45, 2.75) is 4.34 Å². The first-order chi connectivity index (χ1) is 8.83. The molecule has 2 aromatic heterocycles. The largest absolute Gasteiger partial charge is 0.279 e. The van der Waals surface area contributed by atoms with Crippen molar-refractivity contribution in [2.24, 2.45) is 0 Å². The van der Waals surface area contributed by atoms with Crippen LogP contribution in [0.25, 0.3) is 10.2 Å². The molecule has 2 heterocycles. The average molecular weight is 272 g/mol. The van der Waals surface area contributed by atoms with E-state index in [0.29, 0.717) is 5.69 Å². The van der Waals surface area contributed by atoms with Gasteiger partial charge >= 0.3 is 0 Å². The van der Waals surface area contributed by atoms with Crippen LogP contribution in [0.3, 0.4) is 0 Å². The van der Waals surface area contributed by atoms with Crippen molar-refractivity contribution in [1.29, 1.82) is 0 Å². The Bertz CT molecular complexity index is 661. The maximum Gasteiger partial charge on any atom is 0.244 e. The van der Waals surface area contributed by atoms with Crippen LogP contribution in [0, 0.1) is 0 Å². The van der Waals surface area contributed by atoms with Crippen molar-refractivity contribution in [3.05, 3.63) is 54.4 Å². The minimum atomic E-state index is -0.0744. The number of carbonyl (C=O) groups excluding carboxylic acids is 1. The third kappa shape index (κ3) is 2.27. The number of thiazole rings is 1. The average Bonchev–Trinajstić information content (AvgIpc) is 2.82. The Balaban J connectivity index is 1.86. The topological polar surface area (TPSA) is 42.9 Å². The third-order valence-corrected chi connectivity index (χ3v) is 4.32. The number of aromatic nitrogens is 2. The summed E-state index contributed by atoms with van der Waals surface area (Å²) in [5.74, 6) is 0. The second-order valence-corrected chi connectivity index (χ2v) is 5.80. The number of pyridine rings is 1. The lowest BCUT2D eigenvalue weighted by Crippen LogP contribution is -1.95. The van der Waals surface area contributed by atoms with Gasteiger partial charge in [0.05, 0.1) is 10.2 Å². The Kier molecular flexibility index (Phi) is 3.08. The fraction of sp³-hybridized carbons (Fsp3) is 0. The first kappa shape index (κ1) is 11.4. The van der Waals surface area contributed by atoms with E-state index < -0.39 is 0 Å². The number of hydrogen-bond donors (Lipinski definition) is 0. The molecular weight excluding hydrogens is 264 g/mol. The van der Waals surface area contributed by atoms with Crippen LogP contribution in [0.2, 0.25) is 0 Å². The molecule has 0 radical (unpaired) electrons. The Morgan fingerprint density at radius 1 is 1.11 bits per heavy atom. The van der Waals surface area contributed by atoms with Gasteiger partial charge in [-0.1, -0.05) is 18.2 Å². The van der Waals surface area contributed by atoms with Crippen LogP contribution in [-0.2, 0) is 0 Å². The minimum absolute atomic E-state index is 0.0744. The number of thioether (sulfide) groups is 1. The standard InChI is InChI=1S/C13H8N2OS2/c16-12(10-6-3-4-8-14-10)18-13-15-9-5-1-2-7-11(9)17-13/h1-8H. The molecule has 0 atom stereocenters. The molecule has 5 heteroatoms. The number of rotatable bonds is 2. The van der Waals surface area contributed by atoms with E-state index in [9.17, 15) is 4.79 Å². The van der Waals surface area contributed by atoms with E-state index in [1.165, 1.54) is 11.3 Å². The first-order valence-electron chi connectivity index (χ1n) is 5.32. The zero-order chi connectivity index (χ0) is 12.4. The molecule has 0 bridgehead atoms. The molecule has 0 fully saturated rings. The highest BCUT2D eigenvalue weighted by atomic mass is 32.2. The second-order valence-electron chi connectivity index (χ2n) is 3.55. The first-order valence-corrected chi connectivity index (χ1v) is 6.95. The van der Waals surface area contributed by atoms with Crippen LogP contribution in [0.4, 0.5) is 0 Å². The maximum atomic E-state index is 12.0. The van der Waals surface area contributed by atoms with Crippen LogP contribution >= 0.6 is 23.1 Å². The molecule has 0 aliphatic carbocycles. The molecule has 0 unspecified atom stereocenters. The van der Waals surface area contributed by atoms with Crippen LogP contribution < -0.4 is 0 Å². The van der Waals surface area contributed by atoms with E-state index in [4.69, 9.17) is 0 Å². The SMILES string of the molecule is O=C(Sc1nc2ccccc2s1)c1ccccn1. The smallest absolute Gasteiger partial charge is 0.244 e. The summed E-state index contributed by atoms with van der Waals surface area (Å²) < 4.78 is 1.85. The van der Waals surface area contributed by atoms with Gasteiger partial charge in [0.2, 0.25) is 5.12 Å². The molecule has 0 saturated heterocycles. The third-order valence-electron chi connectivity index (χ3n) is 2.33. The number of hydrogen-bond acceptors (Lipinski definition) is 5. The highest BCUT2D eigenvalue weighted by molar-refractivity contribution is 8.15. The molecule has 0 aliphatic heterocycles. The van der Waals surface area contributed by atoms with Gasteiger partial charge < -0.3 is 0 Å². The number of benzene rings is 1. The fourth-order valence-electron chi connectivity index (χ4n) is 1.51. The Labute approximate surface area is 112 Å². The molecule has 3 nitrogen and oxygen atoms in total. The normalized spacial score (nSPS) is 10.7. The zero-order valence-electron chi connectivity index (χ0n) is 9.24. The number of nitrogens with zero attached hydrogens (tertiary/aromatic N) is 2. The number of fused-ring (bicyclic) bond motifs is 1. The van der Waals surface area contributed by atoms with Gasteiger partial charge in [-0.15, -0.1) is 11.3 Å². The summed E-state index contributed by atoms with van der Waals surface area (Å²) in [4.78, 5) is 20.4. The van der Waals surface area contributed by atoms with Crippen molar-refractivity contribution in [2.75, 3.05) is 0 Å². The van der Waals surface area contributed by atoms with Gasteiger partial charge in [0.25, 0.3) is 0 Å². The maximum absolute atomic E-state index is 12.0. The molecular formula is C13H8N2OS2. The van der Waals surface area contributed by atoms with E-state index in [-0.39, 0.29) is 5.12 Å². The van der Waals surface area contributed by atoms with E-state index in [2.05, 4.69) is 9.97 Å². The monoisotopic (exact) mass is 272 g/mol. The van der Waals surface area contributed by atoms with Gasteiger partial charge in [0.1, 0.15) is 5.69 Å². The van der Waals surface area contributed by atoms with Gasteiger partial charge in [0.15, 0.2) is 4.34 Å². The molecule has 1 aromatic carbocycles. The van der Waals surface area contributed by atoms with Crippen molar-refractivity contribution in [1.82, 2.24) is 9.97 Å². The molecule has 0 saturated carbocycles. The highest BCUT2D eigenvalue weighted by Crippen LogP contribution is 2.30. The van der Waals surface area contributed by atoms with Crippen molar-refractivity contribution in [3.63, 3.8) is 0 Å². The summed E-state index contributed by atoms with van der Waals surface area (Å²) in [7, 11) is 0. The van der Waals surface area contributed by atoms with Crippen LogP contribution in [0.15, 0.2) is 53.0 Å². The lowest BCUT2D eigenvalue weighted by molar-refractivity contribution is 0.108. The van der Waals surface area contributed by atoms with Gasteiger partial charge in [-0.2, -0.15) is 0 Å². The van der Waals surface area contributed by atoms with E-state index in [1.807, 2.05) is 24.3 Å². The zero-order valence-corrected chi connectivity index (χ0v) is 10.9. The molecule has 0 aliphatic rings. The quantitative estimate of drug-likeness (QED) is 0.668. The molecule has 88 valence electrons. The number of para-hydroxylation sites is 1. The summed E-state index contributed by atoms with van der Waals surface area (Å²) in [5.41, 5.74) is 1.39.